The summed E-state index contributed by atoms with van der Waals surface area (Å²) in [5.41, 5.74) is 5.66. The van der Waals surface area contributed by atoms with Crippen molar-refractivity contribution in [3.63, 3.8) is 0 Å². The highest BCUT2D eigenvalue weighted by Crippen LogP contribution is 2.21. The zero-order valence-corrected chi connectivity index (χ0v) is 11.0. The van der Waals surface area contributed by atoms with Crippen LogP contribution in [-0.4, -0.2) is 49.4 Å². The fraction of sp³-hybridized carbons (Fsp3) is 0.545. The van der Waals surface area contributed by atoms with Crippen LogP contribution in [0, 0.1) is 0 Å². The lowest BCUT2D eigenvalue weighted by atomic mass is 10.3. The van der Waals surface area contributed by atoms with Crippen molar-refractivity contribution < 1.29 is 9.53 Å². The van der Waals surface area contributed by atoms with Crippen molar-refractivity contribution in [1.82, 2.24) is 15.3 Å². The number of methoxy groups -OCH3 is 1. The van der Waals surface area contributed by atoms with Gasteiger partial charge in [0.05, 0.1) is 13.2 Å². The first-order chi connectivity index (χ1) is 9.12. The minimum absolute atomic E-state index is 0.0571. The van der Waals surface area contributed by atoms with E-state index in [1.54, 1.807) is 7.05 Å². The van der Waals surface area contributed by atoms with Gasteiger partial charge in [0.1, 0.15) is 11.6 Å². The first-order valence-corrected chi connectivity index (χ1v) is 6.04. The van der Waals surface area contributed by atoms with Crippen molar-refractivity contribution in [3.05, 3.63) is 6.07 Å². The molecule has 104 valence electrons. The van der Waals surface area contributed by atoms with E-state index in [0.29, 0.717) is 12.4 Å². The third kappa shape index (κ3) is 3.15. The lowest BCUT2D eigenvalue weighted by molar-refractivity contribution is 0.167. The maximum absolute atomic E-state index is 11.2. The minimum atomic E-state index is -0.412. The van der Waals surface area contributed by atoms with Crippen molar-refractivity contribution >= 4 is 23.7 Å². The van der Waals surface area contributed by atoms with Crippen LogP contribution in [0.4, 0.5) is 22.4 Å². The molecule has 0 aliphatic carbocycles. The summed E-state index contributed by atoms with van der Waals surface area (Å²) < 4.78 is 4.58. The Balaban J connectivity index is 2.04. The van der Waals surface area contributed by atoms with Crippen LogP contribution in [0.2, 0.25) is 0 Å². The topological polar surface area (TPSA) is 105 Å². The van der Waals surface area contributed by atoms with Gasteiger partial charge in [-0.25, -0.2) is 4.79 Å². The largest absolute Gasteiger partial charge is 0.453 e. The number of nitrogens with two attached hydrogens (primary N) is 1. The summed E-state index contributed by atoms with van der Waals surface area (Å²) in [6.07, 6.45) is 0.429. The molecular weight excluding hydrogens is 248 g/mol. The van der Waals surface area contributed by atoms with Gasteiger partial charge in [0.15, 0.2) is 0 Å². The maximum atomic E-state index is 11.2. The molecule has 0 aromatic carbocycles. The summed E-state index contributed by atoms with van der Waals surface area (Å²) in [7, 11) is 3.13. The van der Waals surface area contributed by atoms with Crippen LogP contribution in [0.25, 0.3) is 0 Å². The normalized spacial score (nSPS) is 18.2. The second kappa shape index (κ2) is 5.59. The molecule has 1 aromatic heterocycles. The standard InChI is InChI=1S/C11H18N6O2/c1-13-8-5-9(16-10(12)15-8)17-4-3-7(6-17)14-11(18)19-2/h5,7H,3-4,6H2,1-2H3,(H,14,18)(H3,12,13,15,16). The first kappa shape index (κ1) is 13.2. The number of ether oxygens (including phenoxy) is 1. The molecule has 1 aliphatic rings. The van der Waals surface area contributed by atoms with Crippen molar-refractivity contribution in [2.45, 2.75) is 12.5 Å². The Morgan fingerprint density at radius 3 is 3.05 bits per heavy atom. The zero-order chi connectivity index (χ0) is 13.8. The molecule has 0 spiro atoms. The van der Waals surface area contributed by atoms with Crippen molar-refractivity contribution in [2.75, 3.05) is 43.2 Å². The molecule has 1 atom stereocenters. The van der Waals surface area contributed by atoms with E-state index in [4.69, 9.17) is 5.73 Å². The molecule has 8 nitrogen and oxygen atoms in total. The molecule has 1 saturated heterocycles. The number of carbonyl (C=O) groups excluding carboxylic acids is 1. The van der Waals surface area contributed by atoms with E-state index >= 15 is 0 Å². The number of rotatable bonds is 3. The summed E-state index contributed by atoms with van der Waals surface area (Å²) in [6.45, 7) is 1.48. The zero-order valence-electron chi connectivity index (χ0n) is 11.0. The number of nitrogens with one attached hydrogen (secondary N) is 2. The van der Waals surface area contributed by atoms with Crippen LogP contribution >= 0.6 is 0 Å². The fourth-order valence-electron chi connectivity index (χ4n) is 2.05. The van der Waals surface area contributed by atoms with Gasteiger partial charge in [-0.15, -0.1) is 0 Å². The molecule has 8 heteroatoms. The lowest BCUT2D eigenvalue weighted by Gasteiger charge is -2.18. The van der Waals surface area contributed by atoms with Crippen LogP contribution in [-0.2, 0) is 4.74 Å². The van der Waals surface area contributed by atoms with E-state index in [1.165, 1.54) is 7.11 Å². The van der Waals surface area contributed by atoms with Crippen LogP contribution < -0.4 is 21.3 Å². The molecule has 1 fully saturated rings. The number of carbonyl (C=O) groups is 1. The number of nitrogen functional groups attached to an aromatic ring is 1. The quantitative estimate of drug-likeness (QED) is 0.709. The number of anilines is 3. The SMILES string of the molecule is CNc1cc(N2CCC(NC(=O)OC)C2)nc(N)n1. The van der Waals surface area contributed by atoms with Gasteiger partial charge < -0.3 is 26.0 Å². The van der Waals surface area contributed by atoms with E-state index in [9.17, 15) is 4.79 Å². The third-order valence-corrected chi connectivity index (χ3v) is 3.01. The van der Waals surface area contributed by atoms with Crippen LogP contribution in [0.1, 0.15) is 6.42 Å². The van der Waals surface area contributed by atoms with Crippen molar-refractivity contribution in [1.29, 1.82) is 0 Å². The number of aromatic nitrogens is 2. The van der Waals surface area contributed by atoms with Gasteiger partial charge in [0.2, 0.25) is 5.95 Å². The number of amides is 1. The van der Waals surface area contributed by atoms with Gasteiger partial charge in [-0.05, 0) is 6.42 Å². The molecule has 1 aliphatic heterocycles. The Hall–Kier alpha value is -2.25. The van der Waals surface area contributed by atoms with Crippen LogP contribution in [0.5, 0.6) is 0 Å². The molecule has 1 aromatic rings. The Labute approximate surface area is 111 Å². The number of alkyl carbamates (subject to hydrolysis) is 1. The highest BCUT2D eigenvalue weighted by Gasteiger charge is 2.25. The molecule has 2 heterocycles. The van der Waals surface area contributed by atoms with Gasteiger partial charge in [0.25, 0.3) is 0 Å². The monoisotopic (exact) mass is 266 g/mol. The molecule has 4 N–H and O–H groups in total. The summed E-state index contributed by atoms with van der Waals surface area (Å²) in [5.74, 6) is 1.66. The Morgan fingerprint density at radius 2 is 2.37 bits per heavy atom. The molecular formula is C11H18N6O2. The molecule has 2 rings (SSSR count). The highest BCUT2D eigenvalue weighted by molar-refractivity contribution is 5.67. The second-order valence-corrected chi connectivity index (χ2v) is 4.29. The molecule has 1 unspecified atom stereocenters. The second-order valence-electron chi connectivity index (χ2n) is 4.29. The molecule has 0 saturated carbocycles. The number of nitrogens with zero attached hydrogens (tertiary/aromatic N) is 3. The Kier molecular flexibility index (Phi) is 3.88. The van der Waals surface area contributed by atoms with Crippen LogP contribution in [0.15, 0.2) is 6.07 Å². The van der Waals surface area contributed by atoms with Crippen LogP contribution in [0.3, 0.4) is 0 Å². The van der Waals surface area contributed by atoms with Gasteiger partial charge in [-0.2, -0.15) is 9.97 Å². The number of hydrogen-bond donors (Lipinski definition) is 3. The maximum Gasteiger partial charge on any atom is 0.407 e. The summed E-state index contributed by atoms with van der Waals surface area (Å²) in [4.78, 5) is 21.5. The summed E-state index contributed by atoms with van der Waals surface area (Å²) in [6, 6.07) is 1.89. The first-order valence-electron chi connectivity index (χ1n) is 6.04. The summed E-state index contributed by atoms with van der Waals surface area (Å²) >= 11 is 0. The van der Waals surface area contributed by atoms with E-state index in [1.807, 2.05) is 6.07 Å². The van der Waals surface area contributed by atoms with Crippen molar-refractivity contribution in [2.24, 2.45) is 0 Å². The van der Waals surface area contributed by atoms with Crippen molar-refractivity contribution in [3.8, 4) is 0 Å². The number of hydrogen-bond acceptors (Lipinski definition) is 7. The van der Waals surface area contributed by atoms with E-state index in [-0.39, 0.29) is 12.0 Å². The minimum Gasteiger partial charge on any atom is -0.453 e. The smallest absolute Gasteiger partial charge is 0.407 e. The summed E-state index contributed by atoms with van der Waals surface area (Å²) in [5, 5.41) is 5.72. The van der Waals surface area contributed by atoms with E-state index < -0.39 is 6.09 Å². The van der Waals surface area contributed by atoms with E-state index in [0.717, 1.165) is 18.8 Å². The molecule has 0 bridgehead atoms. The molecule has 1 amide bonds. The highest BCUT2D eigenvalue weighted by atomic mass is 16.5. The average Bonchev–Trinajstić information content (AvgIpc) is 2.86. The average molecular weight is 266 g/mol. The van der Waals surface area contributed by atoms with E-state index in [2.05, 4.69) is 30.2 Å². The van der Waals surface area contributed by atoms with Gasteiger partial charge in [0, 0.05) is 26.2 Å². The predicted octanol–water partition coefficient (Wildman–Crippen LogP) is 0.0352. The predicted molar refractivity (Wildman–Crippen MR) is 72.1 cm³/mol. The third-order valence-electron chi connectivity index (χ3n) is 3.01. The van der Waals surface area contributed by atoms with Gasteiger partial charge in [-0.1, -0.05) is 0 Å². The van der Waals surface area contributed by atoms with Gasteiger partial charge in [-0.3, -0.25) is 0 Å². The fourth-order valence-corrected chi connectivity index (χ4v) is 2.05. The molecule has 19 heavy (non-hydrogen) atoms. The lowest BCUT2D eigenvalue weighted by Crippen LogP contribution is -2.37. The van der Waals surface area contributed by atoms with Gasteiger partial charge >= 0.3 is 6.09 Å². The molecule has 0 radical (unpaired) electrons. The Bertz CT molecular complexity index is 466. The Morgan fingerprint density at radius 1 is 1.58 bits per heavy atom.